The lowest BCUT2D eigenvalue weighted by atomic mass is 9.90. The van der Waals surface area contributed by atoms with Crippen LogP contribution in [0.2, 0.25) is 0 Å². The minimum Gasteiger partial charge on any atom is -0.444 e. The Morgan fingerprint density at radius 1 is 1.26 bits per heavy atom. The molecule has 2 fully saturated rings. The number of rotatable bonds is 1. The summed E-state index contributed by atoms with van der Waals surface area (Å²) in [6.07, 6.45) is 3.84. The van der Waals surface area contributed by atoms with Crippen molar-refractivity contribution in [1.29, 1.82) is 0 Å². The van der Waals surface area contributed by atoms with E-state index in [0.29, 0.717) is 12.2 Å². The number of piperidine rings is 1. The highest BCUT2D eigenvalue weighted by Gasteiger charge is 2.59. The van der Waals surface area contributed by atoms with Crippen LogP contribution in [0.4, 0.5) is 14.9 Å². The Labute approximate surface area is 159 Å². The summed E-state index contributed by atoms with van der Waals surface area (Å²) in [5.41, 5.74) is 0.855. The number of carbonyl (C=O) groups is 2. The maximum atomic E-state index is 15.0. The number of amides is 2. The summed E-state index contributed by atoms with van der Waals surface area (Å²) in [7, 11) is 1.64. The molecule has 1 unspecified atom stereocenters. The van der Waals surface area contributed by atoms with Gasteiger partial charge in [0.1, 0.15) is 11.4 Å². The van der Waals surface area contributed by atoms with Crippen LogP contribution in [-0.2, 0) is 14.9 Å². The van der Waals surface area contributed by atoms with Crippen LogP contribution >= 0.6 is 0 Å². The molecule has 27 heavy (non-hydrogen) atoms. The van der Waals surface area contributed by atoms with Crippen molar-refractivity contribution in [3.63, 3.8) is 0 Å². The number of fused-ring (bicyclic) bond motifs is 2. The Morgan fingerprint density at radius 3 is 2.59 bits per heavy atom. The van der Waals surface area contributed by atoms with Gasteiger partial charge in [0.2, 0.25) is 5.91 Å². The first-order valence-corrected chi connectivity index (χ1v) is 9.76. The van der Waals surface area contributed by atoms with E-state index in [9.17, 15) is 14.0 Å². The molecule has 1 atom stereocenters. The largest absolute Gasteiger partial charge is 0.444 e. The summed E-state index contributed by atoms with van der Waals surface area (Å²) < 4.78 is 20.5. The van der Waals surface area contributed by atoms with Crippen molar-refractivity contribution in [2.24, 2.45) is 0 Å². The third kappa shape index (κ3) is 2.89. The van der Waals surface area contributed by atoms with Gasteiger partial charge in [0.05, 0.1) is 17.1 Å². The lowest BCUT2D eigenvalue weighted by molar-refractivity contribution is -0.119. The Morgan fingerprint density at radius 2 is 1.96 bits per heavy atom. The van der Waals surface area contributed by atoms with Crippen LogP contribution in [0, 0.1) is 5.82 Å². The topological polar surface area (TPSA) is 49.9 Å². The SMILES string of the molecule is CN1C(=O)C2(CC2)c2cc(C3CCCCN3C(=O)OC(C)(C)C)cc(F)c21. The van der Waals surface area contributed by atoms with Gasteiger partial charge >= 0.3 is 6.09 Å². The molecule has 2 amide bonds. The van der Waals surface area contributed by atoms with Gasteiger partial charge in [-0.25, -0.2) is 9.18 Å². The van der Waals surface area contributed by atoms with Crippen molar-refractivity contribution < 1.29 is 18.7 Å². The molecule has 3 aliphatic rings. The molecule has 1 aromatic carbocycles. The molecule has 0 radical (unpaired) electrons. The molecular formula is C21H27FN2O3. The van der Waals surface area contributed by atoms with Crippen molar-refractivity contribution in [3.05, 3.63) is 29.1 Å². The predicted octanol–water partition coefficient (Wildman–Crippen LogP) is 4.30. The number of likely N-dealkylation sites (N-methyl/N-ethyl adjacent to an activating group) is 1. The molecule has 1 saturated carbocycles. The maximum Gasteiger partial charge on any atom is 0.410 e. The summed E-state index contributed by atoms with van der Waals surface area (Å²) in [6, 6.07) is 3.24. The quantitative estimate of drug-likeness (QED) is 0.737. The second-order valence-corrected chi connectivity index (χ2v) is 9.03. The van der Waals surface area contributed by atoms with E-state index in [2.05, 4.69) is 0 Å². The Hall–Kier alpha value is -2.11. The first-order chi connectivity index (χ1) is 12.6. The summed E-state index contributed by atoms with van der Waals surface area (Å²) in [5.74, 6) is -0.391. The fourth-order valence-electron chi connectivity index (χ4n) is 4.48. The zero-order chi connectivity index (χ0) is 19.6. The van der Waals surface area contributed by atoms with Crippen LogP contribution in [-0.4, -0.2) is 36.1 Å². The average Bonchev–Trinajstić information content (AvgIpc) is 3.36. The predicted molar refractivity (Wildman–Crippen MR) is 100 cm³/mol. The molecule has 5 nitrogen and oxygen atoms in total. The number of anilines is 1. The molecule has 6 heteroatoms. The van der Waals surface area contributed by atoms with Crippen LogP contribution in [0.3, 0.4) is 0 Å². The van der Waals surface area contributed by atoms with Gasteiger partial charge in [0.15, 0.2) is 0 Å². The summed E-state index contributed by atoms with van der Waals surface area (Å²) in [5, 5.41) is 0. The summed E-state index contributed by atoms with van der Waals surface area (Å²) >= 11 is 0. The normalized spacial score (nSPS) is 23.6. The van der Waals surface area contributed by atoms with Crippen LogP contribution in [0.15, 0.2) is 12.1 Å². The molecule has 2 aliphatic heterocycles. The zero-order valence-electron chi connectivity index (χ0n) is 16.5. The van der Waals surface area contributed by atoms with E-state index < -0.39 is 11.0 Å². The van der Waals surface area contributed by atoms with E-state index in [1.807, 2.05) is 26.8 Å². The molecule has 146 valence electrons. The van der Waals surface area contributed by atoms with E-state index in [0.717, 1.165) is 43.2 Å². The molecule has 2 heterocycles. The second kappa shape index (κ2) is 5.94. The van der Waals surface area contributed by atoms with Crippen LogP contribution < -0.4 is 4.90 Å². The van der Waals surface area contributed by atoms with Crippen molar-refractivity contribution in [2.75, 3.05) is 18.5 Å². The third-order valence-electron chi connectivity index (χ3n) is 5.92. The smallest absolute Gasteiger partial charge is 0.410 e. The maximum absolute atomic E-state index is 15.0. The molecule has 0 aromatic heterocycles. The van der Waals surface area contributed by atoms with Crippen LogP contribution in [0.5, 0.6) is 0 Å². The fraction of sp³-hybridized carbons (Fsp3) is 0.619. The molecule has 0 N–H and O–H groups in total. The fourth-order valence-corrected chi connectivity index (χ4v) is 4.48. The van der Waals surface area contributed by atoms with E-state index in [1.54, 1.807) is 11.9 Å². The minimum absolute atomic E-state index is 0.0128. The third-order valence-corrected chi connectivity index (χ3v) is 5.92. The van der Waals surface area contributed by atoms with Gasteiger partial charge < -0.3 is 14.5 Å². The minimum atomic E-state index is -0.574. The Balaban J connectivity index is 1.71. The van der Waals surface area contributed by atoms with Gasteiger partial charge in [-0.3, -0.25) is 4.79 Å². The van der Waals surface area contributed by atoms with E-state index >= 15 is 0 Å². The molecule has 1 aromatic rings. The van der Waals surface area contributed by atoms with E-state index in [-0.39, 0.29) is 23.9 Å². The average molecular weight is 374 g/mol. The standard InChI is InChI=1S/C21H27FN2O3/c1-20(2,3)27-19(26)24-10-6-5-7-16(24)13-11-14-17(15(22)12-13)23(4)18(25)21(14)8-9-21/h11-12,16H,5-10H2,1-4H3. The van der Waals surface area contributed by atoms with Crippen LogP contribution in [0.25, 0.3) is 0 Å². The molecule has 1 saturated heterocycles. The number of hydrogen-bond acceptors (Lipinski definition) is 3. The van der Waals surface area contributed by atoms with Gasteiger partial charge in [-0.15, -0.1) is 0 Å². The number of nitrogens with zero attached hydrogens (tertiary/aromatic N) is 2. The van der Waals surface area contributed by atoms with E-state index in [4.69, 9.17) is 4.74 Å². The van der Waals surface area contributed by atoms with Crippen molar-refractivity contribution in [1.82, 2.24) is 4.90 Å². The number of benzene rings is 1. The van der Waals surface area contributed by atoms with Gasteiger partial charge in [0.25, 0.3) is 0 Å². The highest BCUT2D eigenvalue weighted by molar-refractivity contribution is 6.10. The number of hydrogen-bond donors (Lipinski definition) is 0. The van der Waals surface area contributed by atoms with Crippen molar-refractivity contribution >= 4 is 17.7 Å². The van der Waals surface area contributed by atoms with Gasteiger partial charge in [-0.2, -0.15) is 0 Å². The van der Waals surface area contributed by atoms with Gasteiger partial charge in [0, 0.05) is 13.6 Å². The number of carbonyl (C=O) groups excluding carboxylic acids is 2. The van der Waals surface area contributed by atoms with Crippen molar-refractivity contribution in [2.45, 2.75) is 69.9 Å². The lowest BCUT2D eigenvalue weighted by Crippen LogP contribution is -2.41. The first-order valence-electron chi connectivity index (χ1n) is 9.76. The number of halogens is 1. The highest BCUT2D eigenvalue weighted by atomic mass is 19.1. The highest BCUT2D eigenvalue weighted by Crippen LogP contribution is 2.58. The monoisotopic (exact) mass is 374 g/mol. The van der Waals surface area contributed by atoms with E-state index in [1.165, 1.54) is 11.0 Å². The molecule has 1 aliphatic carbocycles. The van der Waals surface area contributed by atoms with Crippen LogP contribution in [0.1, 0.15) is 70.0 Å². The molecule has 0 bridgehead atoms. The van der Waals surface area contributed by atoms with Crippen molar-refractivity contribution in [3.8, 4) is 0 Å². The number of likely N-dealkylation sites (tertiary alicyclic amines) is 1. The summed E-state index contributed by atoms with van der Waals surface area (Å²) in [4.78, 5) is 28.5. The second-order valence-electron chi connectivity index (χ2n) is 9.03. The Kier molecular flexibility index (Phi) is 4.02. The van der Waals surface area contributed by atoms with Gasteiger partial charge in [-0.05, 0) is 70.1 Å². The Bertz CT molecular complexity index is 810. The first kappa shape index (κ1) is 18.3. The number of ether oxygens (including phenoxy) is 1. The molecular weight excluding hydrogens is 347 g/mol. The zero-order valence-corrected chi connectivity index (χ0v) is 16.5. The molecule has 1 spiro atoms. The van der Waals surface area contributed by atoms with Gasteiger partial charge in [-0.1, -0.05) is 6.07 Å². The summed E-state index contributed by atoms with van der Waals surface area (Å²) in [6.45, 7) is 6.13. The lowest BCUT2D eigenvalue weighted by Gasteiger charge is -2.37. The molecule has 4 rings (SSSR count).